The van der Waals surface area contributed by atoms with Gasteiger partial charge in [-0.3, -0.25) is 14.4 Å². The summed E-state index contributed by atoms with van der Waals surface area (Å²) in [5.41, 5.74) is 1.83. The molecule has 0 saturated heterocycles. The lowest BCUT2D eigenvalue weighted by molar-refractivity contribution is -0.141. The van der Waals surface area contributed by atoms with Crippen LogP contribution in [-0.4, -0.2) is 51.3 Å². The molecule has 0 saturated carbocycles. The fourth-order valence-corrected chi connectivity index (χ4v) is 6.28. The molecule has 0 unspecified atom stereocenters. The number of benzene rings is 1. The summed E-state index contributed by atoms with van der Waals surface area (Å²) in [7, 11) is 0. The highest BCUT2D eigenvalue weighted by Crippen LogP contribution is 2.34. The van der Waals surface area contributed by atoms with Crippen LogP contribution >= 0.6 is 0 Å². The molecule has 0 fully saturated rings. The van der Waals surface area contributed by atoms with Crippen molar-refractivity contribution in [2.75, 3.05) is 0 Å². The topological polar surface area (TPSA) is 134 Å². The minimum absolute atomic E-state index is 0.103. The first kappa shape index (κ1) is 37.5. The normalized spacial score (nSPS) is 18.8. The Morgan fingerprint density at radius 3 is 1.89 bits per heavy atom. The maximum atomic E-state index is 13.4. The average Bonchev–Trinajstić information content (AvgIpc) is 3.04. The Morgan fingerprint density at radius 1 is 0.795 bits per heavy atom. The lowest BCUT2D eigenvalue weighted by Crippen LogP contribution is -2.47. The highest BCUT2D eigenvalue weighted by molar-refractivity contribution is 5.86. The van der Waals surface area contributed by atoms with E-state index in [4.69, 9.17) is 9.15 Å². The standard InChI is InChI=1S/C36H54O8/c1-11-28(37)19(3)30(38)21(5)32(40)22(6)33(41)23(7)35(43-18-27-16-14-13-15-17-27)24(8)34(42)26(10)36-25(9)31(39)20(4)29(12-2)44-36/h13-17,19,21-24,26,30,33-35,38,41-42H,11-12,18H2,1-10H3/t19-,21+,22-,23-,24+,26+,30+,33+,34+,35-/m1/s1. The lowest BCUT2D eigenvalue weighted by Gasteiger charge is -2.38. The number of Topliss-reactive ketones (excluding diaryl/α,β-unsaturated/α-hetero) is 2. The van der Waals surface area contributed by atoms with Crippen LogP contribution < -0.4 is 5.43 Å². The lowest BCUT2D eigenvalue weighted by atomic mass is 9.75. The molecule has 10 atom stereocenters. The molecule has 8 nitrogen and oxygen atoms in total. The van der Waals surface area contributed by atoms with Gasteiger partial charge in [-0.15, -0.1) is 0 Å². The number of rotatable bonds is 17. The molecule has 0 spiro atoms. The van der Waals surface area contributed by atoms with E-state index < -0.39 is 59.9 Å². The molecule has 246 valence electrons. The van der Waals surface area contributed by atoms with Crippen LogP contribution in [0.4, 0.5) is 0 Å². The van der Waals surface area contributed by atoms with Crippen LogP contribution in [0.3, 0.4) is 0 Å². The first-order chi connectivity index (χ1) is 20.6. The zero-order chi connectivity index (χ0) is 33.5. The minimum atomic E-state index is -1.16. The summed E-state index contributed by atoms with van der Waals surface area (Å²) in [4.78, 5) is 38.5. The summed E-state index contributed by atoms with van der Waals surface area (Å²) in [5, 5.41) is 34.0. The number of ether oxygens (including phenoxy) is 1. The number of hydrogen-bond acceptors (Lipinski definition) is 8. The van der Waals surface area contributed by atoms with Crippen LogP contribution in [0.5, 0.6) is 0 Å². The molecule has 1 aromatic heterocycles. The second-order valence-corrected chi connectivity index (χ2v) is 12.7. The predicted octanol–water partition coefficient (Wildman–Crippen LogP) is 5.32. The molecule has 0 aliphatic carbocycles. The third-order valence-electron chi connectivity index (χ3n) is 9.64. The smallest absolute Gasteiger partial charge is 0.191 e. The van der Waals surface area contributed by atoms with E-state index in [1.54, 1.807) is 48.5 Å². The summed E-state index contributed by atoms with van der Waals surface area (Å²) in [5.74, 6) is -3.59. The van der Waals surface area contributed by atoms with Crippen molar-refractivity contribution in [3.05, 3.63) is 68.8 Å². The van der Waals surface area contributed by atoms with Crippen molar-refractivity contribution in [3.63, 3.8) is 0 Å². The molecular formula is C36H54O8. The number of aliphatic hydroxyl groups excluding tert-OH is 3. The van der Waals surface area contributed by atoms with Gasteiger partial charge in [-0.05, 0) is 19.4 Å². The maximum Gasteiger partial charge on any atom is 0.191 e. The van der Waals surface area contributed by atoms with E-state index in [0.29, 0.717) is 29.1 Å². The van der Waals surface area contributed by atoms with Gasteiger partial charge in [-0.25, -0.2) is 0 Å². The quantitative estimate of drug-likeness (QED) is 0.218. The molecule has 1 aromatic carbocycles. The van der Waals surface area contributed by atoms with Gasteiger partial charge in [0.05, 0.1) is 31.0 Å². The molecule has 0 aliphatic heterocycles. The Hall–Kier alpha value is -2.65. The number of aliphatic hydroxyl groups is 3. The van der Waals surface area contributed by atoms with Gasteiger partial charge >= 0.3 is 0 Å². The van der Waals surface area contributed by atoms with Gasteiger partial charge in [0.15, 0.2) is 5.43 Å². The summed E-state index contributed by atoms with van der Waals surface area (Å²) in [6.45, 7) is 17.5. The Labute approximate surface area is 262 Å². The third-order valence-corrected chi connectivity index (χ3v) is 9.64. The molecule has 44 heavy (non-hydrogen) atoms. The van der Waals surface area contributed by atoms with Gasteiger partial charge in [0.2, 0.25) is 0 Å². The summed E-state index contributed by atoms with van der Waals surface area (Å²) >= 11 is 0. The largest absolute Gasteiger partial charge is 0.465 e. The van der Waals surface area contributed by atoms with E-state index in [-0.39, 0.29) is 30.0 Å². The Balaban J connectivity index is 2.38. The maximum absolute atomic E-state index is 13.4. The molecule has 0 aliphatic rings. The van der Waals surface area contributed by atoms with Crippen LogP contribution in [-0.2, 0) is 27.4 Å². The second kappa shape index (κ2) is 16.6. The number of carbonyl (C=O) groups is 2. The number of hydrogen-bond donors (Lipinski definition) is 3. The van der Waals surface area contributed by atoms with E-state index in [1.165, 1.54) is 0 Å². The molecule has 1 heterocycles. The van der Waals surface area contributed by atoms with Gasteiger partial charge in [-0.1, -0.05) is 85.7 Å². The zero-order valence-corrected chi connectivity index (χ0v) is 28.2. The fraction of sp³-hybridized carbons (Fsp3) is 0.639. The average molecular weight is 615 g/mol. The highest BCUT2D eigenvalue weighted by atomic mass is 16.5. The van der Waals surface area contributed by atoms with Gasteiger partial charge < -0.3 is 24.5 Å². The van der Waals surface area contributed by atoms with Crippen molar-refractivity contribution in [2.45, 2.75) is 119 Å². The summed E-state index contributed by atoms with van der Waals surface area (Å²) in [6.07, 6.45) is -3.21. The number of ketones is 2. The van der Waals surface area contributed by atoms with Crippen LogP contribution in [0.25, 0.3) is 0 Å². The second-order valence-electron chi connectivity index (χ2n) is 12.7. The fourth-order valence-electron chi connectivity index (χ4n) is 6.28. The van der Waals surface area contributed by atoms with E-state index >= 15 is 0 Å². The number of aryl methyl sites for hydroxylation is 1. The molecule has 0 radical (unpaired) electrons. The van der Waals surface area contributed by atoms with Crippen molar-refractivity contribution in [3.8, 4) is 0 Å². The van der Waals surface area contributed by atoms with Crippen LogP contribution in [0, 0.1) is 43.4 Å². The molecule has 0 amide bonds. The Kier molecular flexibility index (Phi) is 14.2. The molecular weight excluding hydrogens is 560 g/mol. The van der Waals surface area contributed by atoms with Crippen LogP contribution in [0.2, 0.25) is 0 Å². The SMILES string of the molecule is CCC(=O)[C@@H](C)[C@H](O)[C@H](C)C(=O)[C@@H](C)[C@H](O)[C@@H](C)[C@@H](OCc1ccccc1)[C@@H](C)[C@H](O)[C@H](C)c1oc(CC)c(C)c(=O)c1C. The van der Waals surface area contributed by atoms with Crippen molar-refractivity contribution in [1.82, 2.24) is 0 Å². The highest BCUT2D eigenvalue weighted by Gasteiger charge is 2.41. The van der Waals surface area contributed by atoms with Crippen LogP contribution in [0.1, 0.15) is 95.9 Å². The van der Waals surface area contributed by atoms with E-state index in [1.807, 2.05) is 51.1 Å². The van der Waals surface area contributed by atoms with Gasteiger partial charge in [0.1, 0.15) is 23.1 Å². The van der Waals surface area contributed by atoms with Crippen molar-refractivity contribution in [2.24, 2.45) is 29.6 Å². The van der Waals surface area contributed by atoms with Gasteiger partial charge in [-0.2, -0.15) is 0 Å². The molecule has 2 rings (SSSR count). The van der Waals surface area contributed by atoms with Gasteiger partial charge in [0.25, 0.3) is 0 Å². The third kappa shape index (κ3) is 8.53. The van der Waals surface area contributed by atoms with Gasteiger partial charge in [0, 0.05) is 59.5 Å². The molecule has 2 aromatic rings. The van der Waals surface area contributed by atoms with Crippen molar-refractivity contribution >= 4 is 11.6 Å². The van der Waals surface area contributed by atoms with E-state index in [9.17, 15) is 29.7 Å². The first-order valence-corrected chi connectivity index (χ1v) is 16.0. The monoisotopic (exact) mass is 614 g/mol. The zero-order valence-electron chi connectivity index (χ0n) is 28.2. The molecule has 0 bridgehead atoms. The first-order valence-electron chi connectivity index (χ1n) is 16.0. The van der Waals surface area contributed by atoms with Crippen molar-refractivity contribution in [1.29, 1.82) is 0 Å². The van der Waals surface area contributed by atoms with Crippen molar-refractivity contribution < 1.29 is 34.1 Å². The molecule has 8 heteroatoms. The Morgan fingerprint density at radius 2 is 1.34 bits per heavy atom. The Bertz CT molecular complexity index is 1290. The predicted molar refractivity (Wildman–Crippen MR) is 171 cm³/mol. The van der Waals surface area contributed by atoms with E-state index in [0.717, 1.165) is 5.56 Å². The summed E-state index contributed by atoms with van der Waals surface area (Å²) < 4.78 is 12.5. The summed E-state index contributed by atoms with van der Waals surface area (Å²) in [6, 6.07) is 9.55. The minimum Gasteiger partial charge on any atom is -0.465 e. The molecule has 3 N–H and O–H groups in total. The number of carbonyl (C=O) groups excluding carboxylic acids is 2. The van der Waals surface area contributed by atoms with Crippen LogP contribution in [0.15, 0.2) is 39.5 Å². The van der Waals surface area contributed by atoms with E-state index in [2.05, 4.69) is 0 Å².